The predicted octanol–water partition coefficient (Wildman–Crippen LogP) is 1.41. The second kappa shape index (κ2) is 7.94. The summed E-state index contributed by atoms with van der Waals surface area (Å²) in [6.45, 7) is 8.88. The molecule has 2 aliphatic rings. The Labute approximate surface area is 134 Å². The second-order valence-corrected chi connectivity index (χ2v) is 7.23. The highest BCUT2D eigenvalue weighted by molar-refractivity contribution is 5.78. The van der Waals surface area contributed by atoms with Gasteiger partial charge >= 0.3 is 0 Å². The summed E-state index contributed by atoms with van der Waals surface area (Å²) < 4.78 is 0. The zero-order chi connectivity index (χ0) is 16.1. The third-order valence-electron chi connectivity index (χ3n) is 5.02. The molecule has 0 spiro atoms. The maximum atomic E-state index is 12.4. The molecule has 5 heteroatoms. The number of hydrogen-bond acceptors (Lipinski definition) is 4. The number of carbonyl (C=O) groups is 1. The van der Waals surface area contributed by atoms with Crippen LogP contribution in [-0.4, -0.2) is 73.0 Å². The van der Waals surface area contributed by atoms with E-state index in [9.17, 15) is 10.1 Å². The molecule has 0 aromatic rings. The minimum atomic E-state index is -0.0291. The van der Waals surface area contributed by atoms with E-state index in [1.807, 2.05) is 4.90 Å². The molecule has 0 unspecified atom stereocenters. The molecule has 1 aliphatic heterocycles. The van der Waals surface area contributed by atoms with E-state index in [4.69, 9.17) is 0 Å². The first kappa shape index (κ1) is 17.2. The molecule has 0 bridgehead atoms. The van der Waals surface area contributed by atoms with Gasteiger partial charge in [-0.15, -0.1) is 0 Å². The molecule has 1 heterocycles. The molecule has 0 aromatic heterocycles. The molecule has 5 nitrogen and oxygen atoms in total. The molecule has 0 radical (unpaired) electrons. The first-order valence-corrected chi connectivity index (χ1v) is 8.61. The van der Waals surface area contributed by atoms with E-state index in [2.05, 4.69) is 36.8 Å². The van der Waals surface area contributed by atoms with Crippen molar-refractivity contribution in [2.24, 2.45) is 11.8 Å². The fourth-order valence-electron chi connectivity index (χ4n) is 3.41. The lowest BCUT2D eigenvalue weighted by Crippen LogP contribution is -2.54. The zero-order valence-corrected chi connectivity index (χ0v) is 14.3. The predicted molar refractivity (Wildman–Crippen MR) is 87.2 cm³/mol. The molecular weight excluding hydrogens is 276 g/mol. The standard InChI is InChI=1S/C17H30N4O/c1-14(2)16(11-18)20-7-9-21(10-8-20)17(22)13-19(3)12-15-5-4-6-15/h14-16H,4-10,12-13H2,1-3H3/t16-/m0/s1. The van der Waals surface area contributed by atoms with E-state index < -0.39 is 0 Å². The lowest BCUT2D eigenvalue weighted by molar-refractivity contribution is -0.134. The Hall–Kier alpha value is -1.12. The number of rotatable bonds is 6. The molecule has 2 fully saturated rings. The minimum Gasteiger partial charge on any atom is -0.339 e. The van der Waals surface area contributed by atoms with Crippen LogP contribution in [0.4, 0.5) is 0 Å². The molecule has 124 valence electrons. The van der Waals surface area contributed by atoms with Crippen LogP contribution in [0.15, 0.2) is 0 Å². The SMILES string of the molecule is CC(C)[C@H](C#N)N1CCN(C(=O)CN(C)CC2CCC2)CC1. The summed E-state index contributed by atoms with van der Waals surface area (Å²) in [4.78, 5) is 18.7. The first-order valence-electron chi connectivity index (χ1n) is 8.61. The van der Waals surface area contributed by atoms with Crippen LogP contribution in [0, 0.1) is 23.2 Å². The smallest absolute Gasteiger partial charge is 0.236 e. The summed E-state index contributed by atoms with van der Waals surface area (Å²) in [5.41, 5.74) is 0. The van der Waals surface area contributed by atoms with Gasteiger partial charge < -0.3 is 4.90 Å². The van der Waals surface area contributed by atoms with Crippen LogP contribution in [-0.2, 0) is 4.79 Å². The third-order valence-corrected chi connectivity index (χ3v) is 5.02. The monoisotopic (exact) mass is 306 g/mol. The zero-order valence-electron chi connectivity index (χ0n) is 14.3. The Bertz CT molecular complexity index is 405. The maximum absolute atomic E-state index is 12.4. The van der Waals surface area contributed by atoms with Gasteiger partial charge in [0.2, 0.25) is 5.91 Å². The lowest BCUT2D eigenvalue weighted by Gasteiger charge is -2.39. The third kappa shape index (κ3) is 4.44. The van der Waals surface area contributed by atoms with Gasteiger partial charge in [-0.1, -0.05) is 20.3 Å². The van der Waals surface area contributed by atoms with Gasteiger partial charge in [-0.25, -0.2) is 0 Å². The van der Waals surface area contributed by atoms with Gasteiger partial charge in [0, 0.05) is 32.7 Å². The van der Waals surface area contributed by atoms with Crippen LogP contribution < -0.4 is 0 Å². The highest BCUT2D eigenvalue weighted by Gasteiger charge is 2.28. The summed E-state index contributed by atoms with van der Waals surface area (Å²) in [7, 11) is 2.05. The average molecular weight is 306 g/mol. The van der Waals surface area contributed by atoms with Gasteiger partial charge in [-0.3, -0.25) is 14.6 Å². The molecule has 1 aliphatic carbocycles. The average Bonchev–Trinajstić information content (AvgIpc) is 2.44. The fraction of sp³-hybridized carbons (Fsp3) is 0.882. The van der Waals surface area contributed by atoms with Crippen LogP contribution in [0.5, 0.6) is 0 Å². The van der Waals surface area contributed by atoms with Crippen LogP contribution in [0.25, 0.3) is 0 Å². The van der Waals surface area contributed by atoms with Crippen LogP contribution in [0.2, 0.25) is 0 Å². The van der Waals surface area contributed by atoms with Crippen molar-refractivity contribution >= 4 is 5.91 Å². The molecule has 1 saturated carbocycles. The quantitative estimate of drug-likeness (QED) is 0.744. The number of piperazine rings is 1. The van der Waals surface area contributed by atoms with E-state index in [1.54, 1.807) is 0 Å². The highest BCUT2D eigenvalue weighted by Crippen LogP contribution is 2.26. The molecule has 1 amide bonds. The largest absolute Gasteiger partial charge is 0.339 e. The van der Waals surface area contributed by atoms with E-state index >= 15 is 0 Å². The van der Waals surface area contributed by atoms with Crippen molar-refractivity contribution in [3.05, 3.63) is 0 Å². The Morgan fingerprint density at radius 2 is 1.91 bits per heavy atom. The molecule has 0 aromatic carbocycles. The second-order valence-electron chi connectivity index (χ2n) is 7.23. The summed E-state index contributed by atoms with van der Waals surface area (Å²) >= 11 is 0. The number of nitriles is 1. The van der Waals surface area contributed by atoms with Gasteiger partial charge in [-0.2, -0.15) is 5.26 Å². The highest BCUT2D eigenvalue weighted by atomic mass is 16.2. The molecule has 2 rings (SSSR count). The van der Waals surface area contributed by atoms with Gasteiger partial charge in [0.15, 0.2) is 0 Å². The van der Waals surface area contributed by atoms with Crippen molar-refractivity contribution < 1.29 is 4.79 Å². The van der Waals surface area contributed by atoms with Crippen molar-refractivity contribution in [2.45, 2.75) is 39.2 Å². The maximum Gasteiger partial charge on any atom is 0.236 e. The molecule has 22 heavy (non-hydrogen) atoms. The topological polar surface area (TPSA) is 50.6 Å². The molecule has 0 N–H and O–H groups in total. The summed E-state index contributed by atoms with van der Waals surface area (Å²) in [5, 5.41) is 9.28. The number of nitrogens with zero attached hydrogens (tertiary/aromatic N) is 4. The molecule has 1 atom stereocenters. The van der Waals surface area contributed by atoms with Gasteiger partial charge in [0.25, 0.3) is 0 Å². The van der Waals surface area contributed by atoms with Gasteiger partial charge in [-0.05, 0) is 31.7 Å². The minimum absolute atomic E-state index is 0.0291. The molecule has 1 saturated heterocycles. The normalized spacial score (nSPS) is 21.7. The van der Waals surface area contributed by atoms with E-state index in [-0.39, 0.29) is 11.9 Å². The Kier molecular flexibility index (Phi) is 6.22. The van der Waals surface area contributed by atoms with E-state index in [0.29, 0.717) is 12.5 Å². The van der Waals surface area contributed by atoms with E-state index in [0.717, 1.165) is 38.6 Å². The van der Waals surface area contributed by atoms with Crippen molar-refractivity contribution in [1.82, 2.24) is 14.7 Å². The van der Waals surface area contributed by atoms with Crippen molar-refractivity contribution in [3.63, 3.8) is 0 Å². The molecular formula is C17H30N4O. The fourth-order valence-corrected chi connectivity index (χ4v) is 3.41. The summed E-state index contributed by atoms with van der Waals surface area (Å²) in [6, 6.07) is 2.37. The number of amides is 1. The van der Waals surface area contributed by atoms with Crippen LogP contribution in [0.1, 0.15) is 33.1 Å². The Balaban J connectivity index is 1.73. The first-order chi connectivity index (χ1) is 10.5. The summed E-state index contributed by atoms with van der Waals surface area (Å²) in [5.74, 6) is 1.37. The number of carbonyl (C=O) groups excluding carboxylic acids is 1. The van der Waals surface area contributed by atoms with Crippen molar-refractivity contribution in [3.8, 4) is 6.07 Å². The number of hydrogen-bond donors (Lipinski definition) is 0. The van der Waals surface area contributed by atoms with Crippen molar-refractivity contribution in [2.75, 3.05) is 46.3 Å². The lowest BCUT2D eigenvalue weighted by atomic mass is 9.85. The van der Waals surface area contributed by atoms with Gasteiger partial charge in [0.05, 0.1) is 12.6 Å². The van der Waals surface area contributed by atoms with Crippen LogP contribution >= 0.6 is 0 Å². The van der Waals surface area contributed by atoms with Crippen molar-refractivity contribution in [1.29, 1.82) is 5.26 Å². The van der Waals surface area contributed by atoms with E-state index in [1.165, 1.54) is 19.3 Å². The summed E-state index contributed by atoms with van der Waals surface area (Å²) in [6.07, 6.45) is 3.99. The van der Waals surface area contributed by atoms with Crippen LogP contribution in [0.3, 0.4) is 0 Å². The Morgan fingerprint density at radius 3 is 2.36 bits per heavy atom. The van der Waals surface area contributed by atoms with Gasteiger partial charge in [0.1, 0.15) is 6.04 Å². The number of likely N-dealkylation sites (N-methyl/N-ethyl adjacent to an activating group) is 1. The Morgan fingerprint density at radius 1 is 1.27 bits per heavy atom.